The predicted molar refractivity (Wildman–Crippen MR) is 76.0 cm³/mol. The van der Waals surface area contributed by atoms with Crippen LogP contribution in [0.3, 0.4) is 0 Å². The topological polar surface area (TPSA) is 52.4 Å². The minimum Gasteiger partial charge on any atom is -0.489 e. The van der Waals surface area contributed by atoms with E-state index in [1.807, 2.05) is 18.2 Å². The van der Waals surface area contributed by atoms with Crippen LogP contribution in [0.2, 0.25) is 0 Å². The molecule has 0 amide bonds. The zero-order chi connectivity index (χ0) is 13.7. The summed E-state index contributed by atoms with van der Waals surface area (Å²) in [6, 6.07) is 10.2. The van der Waals surface area contributed by atoms with Gasteiger partial charge in [-0.05, 0) is 12.1 Å². The lowest BCUT2D eigenvalue weighted by molar-refractivity contribution is -0.383. The highest BCUT2D eigenvalue weighted by Crippen LogP contribution is 2.32. The summed E-state index contributed by atoms with van der Waals surface area (Å²) in [6.45, 7) is 0.383. The number of hydrogen-bond donors (Lipinski definition) is 0. The Balaban J connectivity index is 2.38. The summed E-state index contributed by atoms with van der Waals surface area (Å²) in [7, 11) is 0. The molecule has 0 heterocycles. The summed E-state index contributed by atoms with van der Waals surface area (Å²) in [6.07, 6.45) is 3.60. The van der Waals surface area contributed by atoms with Crippen molar-refractivity contribution in [3.63, 3.8) is 0 Å². The van der Waals surface area contributed by atoms with Gasteiger partial charge in [0.05, 0.1) is 10.3 Å². The van der Waals surface area contributed by atoms with Gasteiger partial charge < -0.3 is 4.74 Å². The van der Waals surface area contributed by atoms with Crippen molar-refractivity contribution in [1.29, 1.82) is 0 Å². The van der Waals surface area contributed by atoms with Gasteiger partial charge in [-0.3, -0.25) is 10.1 Å². The first-order chi connectivity index (χ1) is 9.24. The molecule has 0 fully saturated rings. The van der Waals surface area contributed by atoms with Crippen molar-refractivity contribution in [3.05, 3.63) is 58.7 Å². The second-order valence-corrected chi connectivity index (χ2v) is 4.13. The molecule has 0 saturated heterocycles. The molecular weight excluding hydrogens is 266 g/mol. The first-order valence-electron chi connectivity index (χ1n) is 5.74. The maximum Gasteiger partial charge on any atom is 0.277 e. The minimum absolute atomic E-state index is 0.0826. The molecule has 2 aromatic rings. The number of benzene rings is 2. The van der Waals surface area contributed by atoms with Crippen LogP contribution in [0.4, 0.5) is 5.69 Å². The molecule has 19 heavy (non-hydrogen) atoms. The van der Waals surface area contributed by atoms with Gasteiger partial charge in [0.1, 0.15) is 12.4 Å². The number of alkyl halides is 1. The molecule has 2 rings (SSSR count). The van der Waals surface area contributed by atoms with Crippen LogP contribution < -0.4 is 4.74 Å². The highest BCUT2D eigenvalue weighted by atomic mass is 35.5. The van der Waals surface area contributed by atoms with Gasteiger partial charge in [-0.2, -0.15) is 0 Å². The Kier molecular flexibility index (Phi) is 4.36. The molecule has 0 N–H and O–H groups in total. The third-order valence-electron chi connectivity index (χ3n) is 2.65. The average molecular weight is 278 g/mol. The average Bonchev–Trinajstić information content (AvgIpc) is 2.43. The van der Waals surface area contributed by atoms with Crippen molar-refractivity contribution in [1.82, 2.24) is 0 Å². The fourth-order valence-corrected chi connectivity index (χ4v) is 1.94. The van der Waals surface area contributed by atoms with E-state index in [-0.39, 0.29) is 10.6 Å². The Morgan fingerprint density at radius 1 is 1.16 bits per heavy atom. The predicted octanol–water partition coefficient (Wildman–Crippen LogP) is 3.92. The summed E-state index contributed by atoms with van der Waals surface area (Å²) in [5.74, 6) is 1.06. The number of hydrogen-bond acceptors (Lipinski definition) is 3. The second-order valence-electron chi connectivity index (χ2n) is 3.82. The fraction of sp³-hybridized carbons (Fsp3) is 0.143. The largest absolute Gasteiger partial charge is 0.489 e. The first-order valence-corrected chi connectivity index (χ1v) is 6.27. The highest BCUT2D eigenvalue weighted by Gasteiger charge is 2.13. The van der Waals surface area contributed by atoms with Crippen molar-refractivity contribution >= 4 is 28.1 Å². The number of nitrogens with zero attached hydrogens (tertiary/aromatic N) is 1. The van der Waals surface area contributed by atoms with Crippen molar-refractivity contribution < 1.29 is 9.66 Å². The lowest BCUT2D eigenvalue weighted by Crippen LogP contribution is -1.96. The van der Waals surface area contributed by atoms with E-state index in [0.717, 1.165) is 5.39 Å². The molecule has 0 radical (unpaired) electrons. The molecule has 2 aromatic carbocycles. The number of rotatable bonds is 5. The van der Waals surface area contributed by atoms with Crippen LogP contribution in [0.15, 0.2) is 48.6 Å². The van der Waals surface area contributed by atoms with Gasteiger partial charge in [0.25, 0.3) is 5.69 Å². The van der Waals surface area contributed by atoms with Crippen molar-refractivity contribution in [3.8, 4) is 5.75 Å². The molecule has 98 valence electrons. The highest BCUT2D eigenvalue weighted by molar-refractivity contribution is 6.18. The van der Waals surface area contributed by atoms with E-state index in [1.165, 1.54) is 6.07 Å². The second kappa shape index (κ2) is 6.20. The van der Waals surface area contributed by atoms with E-state index < -0.39 is 0 Å². The Morgan fingerprint density at radius 2 is 1.89 bits per heavy atom. The normalized spacial score (nSPS) is 11.0. The Labute approximate surface area is 115 Å². The lowest BCUT2D eigenvalue weighted by Gasteiger charge is -2.07. The molecule has 0 aliphatic rings. The van der Waals surface area contributed by atoms with Gasteiger partial charge in [0.2, 0.25) is 0 Å². The molecule has 0 aliphatic carbocycles. The number of ether oxygens (including phenoxy) is 1. The van der Waals surface area contributed by atoms with Crippen molar-refractivity contribution in [2.75, 3.05) is 12.5 Å². The molecule has 0 aromatic heterocycles. The van der Waals surface area contributed by atoms with E-state index in [0.29, 0.717) is 23.6 Å². The van der Waals surface area contributed by atoms with E-state index in [4.69, 9.17) is 16.3 Å². The summed E-state index contributed by atoms with van der Waals surface area (Å²) in [4.78, 5) is 10.6. The summed E-state index contributed by atoms with van der Waals surface area (Å²) in [5, 5.41) is 12.3. The van der Waals surface area contributed by atoms with Crippen LogP contribution in [0, 0.1) is 10.1 Å². The number of fused-ring (bicyclic) bond motifs is 1. The molecule has 0 unspecified atom stereocenters. The molecule has 4 nitrogen and oxygen atoms in total. The Hall–Kier alpha value is -2.07. The van der Waals surface area contributed by atoms with Gasteiger partial charge in [0.15, 0.2) is 0 Å². The molecule has 0 bridgehead atoms. The maximum atomic E-state index is 11.0. The zero-order valence-corrected chi connectivity index (χ0v) is 10.8. The monoisotopic (exact) mass is 277 g/mol. The maximum absolute atomic E-state index is 11.0. The molecule has 0 aliphatic heterocycles. The zero-order valence-electron chi connectivity index (χ0n) is 10.1. The van der Waals surface area contributed by atoms with Crippen LogP contribution in [0.25, 0.3) is 10.8 Å². The SMILES string of the molecule is O=[N+]([O-])c1ccc(OCC=CCCl)c2ccccc12. The number of allylic oxidation sites excluding steroid dienone is 1. The van der Waals surface area contributed by atoms with Crippen LogP contribution in [0.1, 0.15) is 0 Å². The third kappa shape index (κ3) is 3.03. The van der Waals surface area contributed by atoms with Crippen LogP contribution in [-0.2, 0) is 0 Å². The number of nitro benzene ring substituents is 1. The van der Waals surface area contributed by atoms with Crippen molar-refractivity contribution in [2.45, 2.75) is 0 Å². The van der Waals surface area contributed by atoms with Crippen LogP contribution >= 0.6 is 11.6 Å². The van der Waals surface area contributed by atoms with Gasteiger partial charge in [-0.25, -0.2) is 0 Å². The quantitative estimate of drug-likeness (QED) is 0.360. The van der Waals surface area contributed by atoms with Crippen LogP contribution in [-0.4, -0.2) is 17.4 Å². The third-order valence-corrected chi connectivity index (χ3v) is 2.83. The molecule has 0 atom stereocenters. The summed E-state index contributed by atoms with van der Waals surface area (Å²) in [5.41, 5.74) is 0.0826. The van der Waals surface area contributed by atoms with E-state index in [9.17, 15) is 10.1 Å². The lowest BCUT2D eigenvalue weighted by atomic mass is 10.1. The van der Waals surface area contributed by atoms with Gasteiger partial charge in [-0.1, -0.05) is 30.4 Å². The Bertz CT molecular complexity index is 625. The van der Waals surface area contributed by atoms with E-state index in [2.05, 4.69) is 0 Å². The van der Waals surface area contributed by atoms with Gasteiger partial charge in [0, 0.05) is 17.3 Å². The smallest absolute Gasteiger partial charge is 0.277 e. The minimum atomic E-state index is -0.389. The van der Waals surface area contributed by atoms with E-state index >= 15 is 0 Å². The number of halogens is 1. The Morgan fingerprint density at radius 3 is 2.58 bits per heavy atom. The first kappa shape index (κ1) is 13.4. The summed E-state index contributed by atoms with van der Waals surface area (Å²) >= 11 is 5.52. The van der Waals surface area contributed by atoms with E-state index in [1.54, 1.807) is 24.3 Å². The molecule has 5 heteroatoms. The van der Waals surface area contributed by atoms with Crippen LogP contribution in [0.5, 0.6) is 5.75 Å². The fourth-order valence-electron chi connectivity index (χ4n) is 1.81. The molecular formula is C14H12ClNO3. The van der Waals surface area contributed by atoms with Crippen molar-refractivity contribution in [2.24, 2.45) is 0 Å². The number of non-ortho nitro benzene ring substituents is 1. The number of nitro groups is 1. The van der Waals surface area contributed by atoms with Gasteiger partial charge in [-0.15, -0.1) is 11.6 Å². The molecule has 0 spiro atoms. The standard InChI is InChI=1S/C14H12ClNO3/c15-9-3-4-10-19-14-8-7-13(16(17)18)11-5-1-2-6-12(11)14/h1-8H,9-10H2. The summed E-state index contributed by atoms with van der Waals surface area (Å²) < 4.78 is 5.59. The molecule has 0 saturated carbocycles. The van der Waals surface area contributed by atoms with Gasteiger partial charge >= 0.3 is 0 Å².